The van der Waals surface area contributed by atoms with Crippen LogP contribution in [0.1, 0.15) is 32.6 Å². The Morgan fingerprint density at radius 1 is 1.57 bits per heavy atom. The summed E-state index contributed by atoms with van der Waals surface area (Å²) in [5.41, 5.74) is 0. The van der Waals surface area contributed by atoms with Gasteiger partial charge in [-0.1, -0.05) is 12.2 Å². The van der Waals surface area contributed by atoms with Gasteiger partial charge in [0.1, 0.15) is 0 Å². The fourth-order valence-corrected chi connectivity index (χ4v) is 1.40. The molecule has 0 aromatic heterocycles. The molecule has 14 heavy (non-hydrogen) atoms. The van der Waals surface area contributed by atoms with E-state index in [0.717, 1.165) is 25.9 Å². The molecule has 82 valence electrons. The van der Waals surface area contributed by atoms with Crippen molar-refractivity contribution in [3.05, 3.63) is 12.2 Å². The summed E-state index contributed by atoms with van der Waals surface area (Å²) in [5.74, 6) is 0. The van der Waals surface area contributed by atoms with Crippen molar-refractivity contribution in [2.75, 3.05) is 13.2 Å². The molecule has 1 aliphatic heterocycles. The highest BCUT2D eigenvalue weighted by Gasteiger charge is 2.12. The first-order chi connectivity index (χ1) is 6.79. The van der Waals surface area contributed by atoms with Gasteiger partial charge in [-0.15, -0.1) is 0 Å². The van der Waals surface area contributed by atoms with Crippen LogP contribution in [-0.4, -0.2) is 30.7 Å². The smallest absolute Gasteiger partial charge is 0.157 e. The van der Waals surface area contributed by atoms with Crippen LogP contribution in [0.3, 0.4) is 0 Å². The molecule has 1 aliphatic rings. The van der Waals surface area contributed by atoms with Crippen molar-refractivity contribution in [2.45, 2.75) is 45.0 Å². The monoisotopic (exact) mass is 200 g/mol. The van der Waals surface area contributed by atoms with Crippen molar-refractivity contribution in [2.24, 2.45) is 0 Å². The SMILES string of the molecule is C[C@@H](O)/C=C/CCOC1CCCCO1. The van der Waals surface area contributed by atoms with Gasteiger partial charge in [0.15, 0.2) is 6.29 Å². The highest BCUT2D eigenvalue weighted by molar-refractivity contribution is 4.85. The first kappa shape index (κ1) is 11.7. The molecule has 0 aliphatic carbocycles. The van der Waals surface area contributed by atoms with E-state index in [1.807, 2.05) is 6.08 Å². The van der Waals surface area contributed by atoms with Gasteiger partial charge in [0.25, 0.3) is 0 Å². The van der Waals surface area contributed by atoms with Crippen LogP contribution in [-0.2, 0) is 9.47 Å². The lowest BCUT2D eigenvalue weighted by Gasteiger charge is -2.22. The third-order valence-corrected chi connectivity index (χ3v) is 2.14. The molecular formula is C11H20O3. The van der Waals surface area contributed by atoms with Crippen LogP contribution in [0.2, 0.25) is 0 Å². The van der Waals surface area contributed by atoms with Gasteiger partial charge in [-0.2, -0.15) is 0 Å². The maximum absolute atomic E-state index is 8.95. The van der Waals surface area contributed by atoms with Gasteiger partial charge in [0, 0.05) is 6.61 Å². The van der Waals surface area contributed by atoms with E-state index in [2.05, 4.69) is 0 Å². The normalized spacial score (nSPS) is 25.4. The van der Waals surface area contributed by atoms with Crippen LogP contribution >= 0.6 is 0 Å². The number of hydrogen-bond donors (Lipinski definition) is 1. The second kappa shape index (κ2) is 6.98. The lowest BCUT2D eigenvalue weighted by Crippen LogP contribution is -2.22. The third-order valence-electron chi connectivity index (χ3n) is 2.14. The Kier molecular flexibility index (Phi) is 5.83. The maximum atomic E-state index is 8.95. The molecular weight excluding hydrogens is 180 g/mol. The summed E-state index contributed by atoms with van der Waals surface area (Å²) in [7, 11) is 0. The molecule has 0 spiro atoms. The van der Waals surface area contributed by atoms with Gasteiger partial charge < -0.3 is 14.6 Å². The van der Waals surface area contributed by atoms with Gasteiger partial charge in [0.05, 0.1) is 12.7 Å². The van der Waals surface area contributed by atoms with Crippen LogP contribution < -0.4 is 0 Å². The summed E-state index contributed by atoms with van der Waals surface area (Å²) < 4.78 is 10.9. The van der Waals surface area contributed by atoms with Crippen molar-refractivity contribution in [3.8, 4) is 0 Å². The van der Waals surface area contributed by atoms with E-state index in [1.54, 1.807) is 13.0 Å². The number of ether oxygens (including phenoxy) is 2. The molecule has 2 atom stereocenters. The quantitative estimate of drug-likeness (QED) is 0.544. The molecule has 1 heterocycles. The minimum Gasteiger partial charge on any atom is -0.389 e. The van der Waals surface area contributed by atoms with E-state index < -0.39 is 0 Å². The average molecular weight is 200 g/mol. The Morgan fingerprint density at radius 2 is 2.43 bits per heavy atom. The third kappa shape index (κ3) is 5.37. The molecule has 1 saturated heterocycles. The van der Waals surface area contributed by atoms with Gasteiger partial charge in [0.2, 0.25) is 0 Å². The summed E-state index contributed by atoms with van der Waals surface area (Å²) in [5, 5.41) is 8.95. The standard InChI is InChI=1S/C11H20O3/c1-10(12)6-2-4-8-13-11-7-3-5-9-14-11/h2,6,10-12H,3-5,7-9H2,1H3/b6-2+/t10-,11?/m1/s1. The summed E-state index contributed by atoms with van der Waals surface area (Å²) in [6.45, 7) is 3.24. The summed E-state index contributed by atoms with van der Waals surface area (Å²) in [6, 6.07) is 0. The summed E-state index contributed by atoms with van der Waals surface area (Å²) in [6.07, 6.45) is 7.56. The Hall–Kier alpha value is -0.380. The van der Waals surface area contributed by atoms with Crippen LogP contribution in [0.25, 0.3) is 0 Å². The first-order valence-electron chi connectivity index (χ1n) is 5.37. The van der Waals surface area contributed by atoms with Crippen LogP contribution in [0.5, 0.6) is 0 Å². The van der Waals surface area contributed by atoms with Crippen molar-refractivity contribution < 1.29 is 14.6 Å². The number of aliphatic hydroxyl groups is 1. The predicted molar refractivity (Wildman–Crippen MR) is 55.0 cm³/mol. The van der Waals surface area contributed by atoms with Gasteiger partial charge >= 0.3 is 0 Å². The van der Waals surface area contributed by atoms with Crippen molar-refractivity contribution in [1.29, 1.82) is 0 Å². The van der Waals surface area contributed by atoms with Gasteiger partial charge in [-0.25, -0.2) is 0 Å². The molecule has 0 aromatic carbocycles. The Labute approximate surface area is 85.7 Å². The zero-order valence-corrected chi connectivity index (χ0v) is 8.82. The molecule has 1 fully saturated rings. The number of aliphatic hydroxyl groups excluding tert-OH is 1. The Balaban J connectivity index is 1.97. The molecule has 1 N–H and O–H groups in total. The summed E-state index contributed by atoms with van der Waals surface area (Å²) in [4.78, 5) is 0. The highest BCUT2D eigenvalue weighted by atomic mass is 16.7. The Morgan fingerprint density at radius 3 is 3.07 bits per heavy atom. The van der Waals surface area contributed by atoms with E-state index >= 15 is 0 Å². The lowest BCUT2D eigenvalue weighted by atomic mass is 10.2. The van der Waals surface area contributed by atoms with E-state index in [9.17, 15) is 0 Å². The number of hydrogen-bond acceptors (Lipinski definition) is 3. The molecule has 1 unspecified atom stereocenters. The topological polar surface area (TPSA) is 38.7 Å². The van der Waals surface area contributed by atoms with Crippen molar-refractivity contribution in [3.63, 3.8) is 0 Å². The summed E-state index contributed by atoms with van der Waals surface area (Å²) >= 11 is 0. The largest absolute Gasteiger partial charge is 0.389 e. The minimum absolute atomic E-state index is 0.00343. The van der Waals surface area contributed by atoms with E-state index in [0.29, 0.717) is 6.61 Å². The van der Waals surface area contributed by atoms with E-state index in [1.165, 1.54) is 6.42 Å². The minimum atomic E-state index is -0.360. The lowest BCUT2D eigenvalue weighted by molar-refractivity contribution is -0.161. The zero-order chi connectivity index (χ0) is 10.2. The molecule has 0 aromatic rings. The zero-order valence-electron chi connectivity index (χ0n) is 8.82. The van der Waals surface area contributed by atoms with Gasteiger partial charge in [-0.3, -0.25) is 0 Å². The van der Waals surface area contributed by atoms with Gasteiger partial charge in [-0.05, 0) is 32.6 Å². The predicted octanol–water partition coefficient (Wildman–Crippen LogP) is 1.86. The van der Waals surface area contributed by atoms with Crippen molar-refractivity contribution in [1.82, 2.24) is 0 Å². The second-order valence-electron chi connectivity index (χ2n) is 3.62. The average Bonchev–Trinajstić information content (AvgIpc) is 2.18. The maximum Gasteiger partial charge on any atom is 0.157 e. The van der Waals surface area contributed by atoms with Crippen LogP contribution in [0.4, 0.5) is 0 Å². The molecule has 0 radical (unpaired) electrons. The molecule has 3 heteroatoms. The second-order valence-corrected chi connectivity index (χ2v) is 3.62. The van der Waals surface area contributed by atoms with E-state index in [-0.39, 0.29) is 12.4 Å². The van der Waals surface area contributed by atoms with E-state index in [4.69, 9.17) is 14.6 Å². The van der Waals surface area contributed by atoms with Crippen molar-refractivity contribution >= 4 is 0 Å². The van der Waals surface area contributed by atoms with Crippen LogP contribution in [0.15, 0.2) is 12.2 Å². The fraction of sp³-hybridized carbons (Fsp3) is 0.818. The molecule has 3 nitrogen and oxygen atoms in total. The molecule has 0 amide bonds. The fourth-order valence-electron chi connectivity index (χ4n) is 1.40. The molecule has 1 rings (SSSR count). The Bertz CT molecular complexity index is 160. The van der Waals surface area contributed by atoms with Crippen LogP contribution in [0, 0.1) is 0 Å². The number of rotatable bonds is 5. The molecule has 0 saturated carbocycles. The first-order valence-corrected chi connectivity index (χ1v) is 5.37. The highest BCUT2D eigenvalue weighted by Crippen LogP contribution is 2.13. The molecule has 0 bridgehead atoms.